The van der Waals surface area contributed by atoms with Gasteiger partial charge in [0.15, 0.2) is 10.9 Å². The number of benzene rings is 1. The lowest BCUT2D eigenvalue weighted by atomic mass is 10.1. The number of hydrogen-bond acceptors (Lipinski definition) is 7. The summed E-state index contributed by atoms with van der Waals surface area (Å²) in [5, 5.41) is 2.44. The third-order valence-electron chi connectivity index (χ3n) is 2.81. The number of aromatic nitrogens is 2. The Morgan fingerprint density at radius 1 is 1.33 bits per heavy atom. The van der Waals surface area contributed by atoms with Gasteiger partial charge in [0.2, 0.25) is 0 Å². The van der Waals surface area contributed by atoms with E-state index in [2.05, 4.69) is 9.97 Å². The molecule has 124 valence electrons. The number of ether oxygens (including phenoxy) is 1. The number of halogens is 1. The maximum atomic E-state index is 12.0. The molecule has 0 saturated carbocycles. The lowest BCUT2D eigenvalue weighted by Gasteiger charge is -2.04. The maximum Gasteiger partial charge on any atom is 0.343 e. The molecule has 0 spiro atoms. The van der Waals surface area contributed by atoms with Crippen LogP contribution in [0.3, 0.4) is 0 Å². The molecule has 0 saturated heterocycles. The van der Waals surface area contributed by atoms with Crippen molar-refractivity contribution in [1.29, 1.82) is 0 Å². The zero-order chi connectivity index (χ0) is 17.5. The molecule has 8 heteroatoms. The normalized spacial score (nSPS) is 10.8. The van der Waals surface area contributed by atoms with Crippen LogP contribution in [0.4, 0.5) is 5.82 Å². The quantitative estimate of drug-likeness (QED) is 0.276. The summed E-state index contributed by atoms with van der Waals surface area (Å²) in [7, 11) is 0. The molecule has 24 heavy (non-hydrogen) atoms. The molecule has 0 radical (unpaired) electrons. The van der Waals surface area contributed by atoms with E-state index >= 15 is 0 Å². The van der Waals surface area contributed by atoms with Crippen LogP contribution in [0.5, 0.6) is 0 Å². The summed E-state index contributed by atoms with van der Waals surface area (Å²) in [6.45, 7) is 1.94. The van der Waals surface area contributed by atoms with Gasteiger partial charge in [0, 0.05) is 16.8 Å². The van der Waals surface area contributed by atoms with Crippen molar-refractivity contribution in [3.05, 3.63) is 58.1 Å². The summed E-state index contributed by atoms with van der Waals surface area (Å²) >= 11 is 6.89. The predicted octanol–water partition coefficient (Wildman–Crippen LogP) is 3.38. The van der Waals surface area contributed by atoms with Crippen LogP contribution in [0.25, 0.3) is 0 Å². The first-order valence-corrected chi connectivity index (χ1v) is 8.19. The van der Waals surface area contributed by atoms with Crippen molar-refractivity contribution < 1.29 is 14.3 Å². The Kier molecular flexibility index (Phi) is 6.34. The Labute approximate surface area is 148 Å². The fraction of sp³-hybridized carbons (Fsp3) is 0.125. The van der Waals surface area contributed by atoms with Gasteiger partial charge in [-0.2, -0.15) is 0 Å². The molecule has 6 nitrogen and oxygen atoms in total. The van der Waals surface area contributed by atoms with Crippen molar-refractivity contribution in [3.63, 3.8) is 0 Å². The second-order valence-electron chi connectivity index (χ2n) is 4.46. The zero-order valence-electron chi connectivity index (χ0n) is 12.7. The predicted molar refractivity (Wildman–Crippen MR) is 93.2 cm³/mol. The van der Waals surface area contributed by atoms with E-state index in [1.165, 1.54) is 12.3 Å². The van der Waals surface area contributed by atoms with Crippen molar-refractivity contribution in [2.45, 2.75) is 12.1 Å². The van der Waals surface area contributed by atoms with Gasteiger partial charge < -0.3 is 10.5 Å². The molecule has 0 aliphatic carbocycles. The largest absolute Gasteiger partial charge is 0.462 e. The van der Waals surface area contributed by atoms with Gasteiger partial charge >= 0.3 is 5.97 Å². The molecule has 0 bridgehead atoms. The van der Waals surface area contributed by atoms with E-state index in [1.54, 1.807) is 36.6 Å². The van der Waals surface area contributed by atoms with E-state index in [9.17, 15) is 9.59 Å². The average molecular weight is 364 g/mol. The molecular weight excluding hydrogens is 350 g/mol. The van der Waals surface area contributed by atoms with Crippen LogP contribution >= 0.6 is 23.4 Å². The van der Waals surface area contributed by atoms with E-state index in [0.717, 1.165) is 11.8 Å². The zero-order valence-corrected chi connectivity index (χ0v) is 14.3. The Morgan fingerprint density at radius 2 is 2.04 bits per heavy atom. The summed E-state index contributed by atoms with van der Waals surface area (Å²) in [5.41, 5.74) is 6.36. The number of rotatable bonds is 6. The minimum Gasteiger partial charge on any atom is -0.462 e. The van der Waals surface area contributed by atoms with Crippen LogP contribution in [0.1, 0.15) is 27.6 Å². The fourth-order valence-corrected chi connectivity index (χ4v) is 2.37. The molecule has 2 aromatic rings. The third kappa shape index (κ3) is 4.81. The van der Waals surface area contributed by atoms with Gasteiger partial charge in [0.25, 0.3) is 0 Å². The fourth-order valence-electron chi connectivity index (χ4n) is 1.67. The van der Waals surface area contributed by atoms with Gasteiger partial charge in [-0.1, -0.05) is 23.4 Å². The van der Waals surface area contributed by atoms with E-state index < -0.39 is 5.97 Å². The van der Waals surface area contributed by atoms with Crippen LogP contribution in [0, 0.1) is 0 Å². The minimum absolute atomic E-state index is 0.0309. The molecule has 1 aromatic heterocycles. The molecule has 0 unspecified atom stereocenters. The number of nitrogens with two attached hydrogens (primary N) is 1. The van der Waals surface area contributed by atoms with E-state index in [-0.39, 0.29) is 23.8 Å². The number of allylic oxidation sites excluding steroid dienone is 1. The monoisotopic (exact) mass is 363 g/mol. The van der Waals surface area contributed by atoms with Crippen molar-refractivity contribution in [3.8, 4) is 0 Å². The lowest BCUT2D eigenvalue weighted by Crippen LogP contribution is -2.10. The Hall–Kier alpha value is -2.38. The number of carbonyl (C=O) groups excluding carboxylic acids is 2. The smallest absolute Gasteiger partial charge is 0.343 e. The SMILES string of the molecule is CCOC(=O)c1cnc(S/C=C\C(=O)c2ccc(Cl)cc2)nc1N. The van der Waals surface area contributed by atoms with Crippen LogP contribution in [0.15, 0.2) is 47.1 Å². The highest BCUT2D eigenvalue weighted by Crippen LogP contribution is 2.18. The Morgan fingerprint density at radius 3 is 2.67 bits per heavy atom. The van der Waals surface area contributed by atoms with Gasteiger partial charge in [-0.25, -0.2) is 14.8 Å². The number of nitrogens with zero attached hydrogens (tertiary/aromatic N) is 2. The third-order valence-corrected chi connectivity index (χ3v) is 3.74. The molecular formula is C16H14ClN3O3S. The van der Waals surface area contributed by atoms with Crippen molar-refractivity contribution in [2.24, 2.45) is 0 Å². The second-order valence-corrected chi connectivity index (χ2v) is 5.77. The van der Waals surface area contributed by atoms with Crippen LogP contribution < -0.4 is 5.73 Å². The van der Waals surface area contributed by atoms with Crippen molar-refractivity contribution in [2.75, 3.05) is 12.3 Å². The van der Waals surface area contributed by atoms with E-state index in [4.69, 9.17) is 22.1 Å². The molecule has 1 heterocycles. The second kappa shape index (κ2) is 8.47. The first-order valence-electron chi connectivity index (χ1n) is 6.94. The molecule has 0 aliphatic heterocycles. The van der Waals surface area contributed by atoms with Gasteiger partial charge in [-0.3, -0.25) is 4.79 Å². The Balaban J connectivity index is 2.01. The number of esters is 1. The van der Waals surface area contributed by atoms with E-state index in [1.807, 2.05) is 0 Å². The highest BCUT2D eigenvalue weighted by Gasteiger charge is 2.13. The van der Waals surface area contributed by atoms with Crippen LogP contribution in [-0.4, -0.2) is 28.3 Å². The minimum atomic E-state index is -0.569. The first kappa shape index (κ1) is 18.0. The maximum absolute atomic E-state index is 12.0. The molecule has 0 amide bonds. The van der Waals surface area contributed by atoms with Crippen molar-refractivity contribution in [1.82, 2.24) is 9.97 Å². The number of carbonyl (C=O) groups is 2. The number of ketones is 1. The Bertz CT molecular complexity index is 779. The van der Waals surface area contributed by atoms with Crippen LogP contribution in [-0.2, 0) is 4.74 Å². The van der Waals surface area contributed by atoms with Gasteiger partial charge in [-0.05, 0) is 42.7 Å². The molecule has 0 atom stereocenters. The molecule has 0 aliphatic rings. The summed E-state index contributed by atoms with van der Waals surface area (Å²) < 4.78 is 4.84. The number of hydrogen-bond donors (Lipinski definition) is 1. The first-order chi connectivity index (χ1) is 11.5. The highest BCUT2D eigenvalue weighted by atomic mass is 35.5. The highest BCUT2D eigenvalue weighted by molar-refractivity contribution is 8.02. The summed E-state index contributed by atoms with van der Waals surface area (Å²) in [4.78, 5) is 31.6. The molecule has 1 aromatic carbocycles. The number of nitrogen functional groups attached to an aromatic ring is 1. The molecule has 2 N–H and O–H groups in total. The van der Waals surface area contributed by atoms with Gasteiger partial charge in [0.05, 0.1) is 6.61 Å². The average Bonchev–Trinajstić information content (AvgIpc) is 2.55. The van der Waals surface area contributed by atoms with Crippen molar-refractivity contribution >= 4 is 40.9 Å². The summed E-state index contributed by atoms with van der Waals surface area (Å²) in [5.74, 6) is -0.710. The standard InChI is InChI=1S/C16H14ClN3O3S/c1-2-23-15(22)12-9-19-16(20-14(12)18)24-8-7-13(21)10-3-5-11(17)6-4-10/h3-9H,2H2,1H3,(H2,18,19,20)/b8-7-. The molecule has 0 fully saturated rings. The molecule has 2 rings (SSSR count). The van der Waals surface area contributed by atoms with Gasteiger partial charge in [0.1, 0.15) is 11.4 Å². The summed E-state index contributed by atoms with van der Waals surface area (Å²) in [6.07, 6.45) is 2.70. The van der Waals surface area contributed by atoms with Gasteiger partial charge in [-0.15, -0.1) is 0 Å². The summed E-state index contributed by atoms with van der Waals surface area (Å²) in [6, 6.07) is 6.58. The lowest BCUT2D eigenvalue weighted by molar-refractivity contribution is 0.0526. The number of thioether (sulfide) groups is 1. The van der Waals surface area contributed by atoms with E-state index in [0.29, 0.717) is 15.7 Å². The topological polar surface area (TPSA) is 95.2 Å². The number of anilines is 1. The van der Waals surface area contributed by atoms with Crippen LogP contribution in [0.2, 0.25) is 5.02 Å².